The molecule has 2 aromatic rings. The predicted molar refractivity (Wildman–Crippen MR) is 64.9 cm³/mol. The molecule has 0 spiro atoms. The van der Waals surface area contributed by atoms with Gasteiger partial charge in [-0.1, -0.05) is 18.2 Å². The first-order valence-electron chi connectivity index (χ1n) is 4.99. The summed E-state index contributed by atoms with van der Waals surface area (Å²) in [5, 5.41) is 2.06. The van der Waals surface area contributed by atoms with E-state index in [1.807, 2.05) is 24.3 Å². The van der Waals surface area contributed by atoms with Gasteiger partial charge in [-0.3, -0.25) is 0 Å². The molecular weight excluding hydrogens is 220 g/mol. The van der Waals surface area contributed by atoms with Crippen LogP contribution in [-0.2, 0) is 11.2 Å². The molecule has 0 atom stereocenters. The normalized spacial score (nSPS) is 10.1. The fourth-order valence-corrected chi connectivity index (χ4v) is 2.28. The van der Waals surface area contributed by atoms with Gasteiger partial charge in [-0.25, -0.2) is 4.79 Å². The van der Waals surface area contributed by atoms with Gasteiger partial charge in [-0.05, 0) is 29.1 Å². The van der Waals surface area contributed by atoms with Crippen LogP contribution in [0.3, 0.4) is 0 Å². The Morgan fingerprint density at radius 3 is 2.88 bits per heavy atom. The summed E-state index contributed by atoms with van der Waals surface area (Å²) in [6.07, 6.45) is 0.864. The summed E-state index contributed by atoms with van der Waals surface area (Å²) in [5.41, 5.74) is 1.74. The highest BCUT2D eigenvalue weighted by atomic mass is 32.1. The fraction of sp³-hybridized carbons (Fsp3) is 0.154. The molecule has 0 fully saturated rings. The van der Waals surface area contributed by atoms with Crippen molar-refractivity contribution in [2.24, 2.45) is 0 Å². The Labute approximate surface area is 98.5 Å². The van der Waals surface area contributed by atoms with E-state index in [2.05, 4.69) is 11.4 Å². The fourth-order valence-electron chi connectivity index (χ4n) is 1.54. The van der Waals surface area contributed by atoms with Gasteiger partial charge in [0, 0.05) is 11.3 Å². The Kier molecular flexibility index (Phi) is 3.37. The van der Waals surface area contributed by atoms with Gasteiger partial charge in [0.1, 0.15) is 0 Å². The molecule has 0 saturated heterocycles. The van der Waals surface area contributed by atoms with Crippen molar-refractivity contribution in [3.63, 3.8) is 0 Å². The number of carbonyl (C=O) groups excluding carboxylic acids is 1. The number of benzene rings is 1. The van der Waals surface area contributed by atoms with Crippen LogP contribution in [0.25, 0.3) is 0 Å². The van der Waals surface area contributed by atoms with E-state index in [0.717, 1.165) is 12.0 Å². The summed E-state index contributed by atoms with van der Waals surface area (Å²) in [7, 11) is 1.40. The van der Waals surface area contributed by atoms with Gasteiger partial charge in [0.2, 0.25) is 0 Å². The minimum Gasteiger partial charge on any atom is -0.465 e. The van der Waals surface area contributed by atoms with Crippen LogP contribution in [0.5, 0.6) is 0 Å². The van der Waals surface area contributed by atoms with Crippen molar-refractivity contribution in [1.82, 2.24) is 0 Å². The highest BCUT2D eigenvalue weighted by Crippen LogP contribution is 2.16. The lowest BCUT2D eigenvalue weighted by molar-refractivity contribution is 0.0600. The molecule has 0 bridgehead atoms. The van der Waals surface area contributed by atoms with Gasteiger partial charge in [-0.2, -0.15) is 0 Å². The van der Waals surface area contributed by atoms with Crippen LogP contribution in [0.1, 0.15) is 20.8 Å². The largest absolute Gasteiger partial charge is 0.465 e. The third-order valence-electron chi connectivity index (χ3n) is 2.31. The van der Waals surface area contributed by atoms with Crippen molar-refractivity contribution in [3.8, 4) is 0 Å². The van der Waals surface area contributed by atoms with Crippen LogP contribution in [0.2, 0.25) is 0 Å². The number of methoxy groups -OCH3 is 1. The molecule has 0 N–H and O–H groups in total. The second-order valence-electron chi connectivity index (χ2n) is 3.45. The lowest BCUT2D eigenvalue weighted by Gasteiger charge is -2.02. The summed E-state index contributed by atoms with van der Waals surface area (Å²) < 4.78 is 4.69. The summed E-state index contributed by atoms with van der Waals surface area (Å²) in [5.74, 6) is -0.284. The van der Waals surface area contributed by atoms with Crippen LogP contribution in [0.15, 0.2) is 41.8 Å². The van der Waals surface area contributed by atoms with E-state index in [9.17, 15) is 4.79 Å². The van der Waals surface area contributed by atoms with Gasteiger partial charge < -0.3 is 4.74 Å². The van der Waals surface area contributed by atoms with Gasteiger partial charge >= 0.3 is 5.97 Å². The molecule has 82 valence electrons. The Hall–Kier alpha value is -1.61. The molecule has 1 aromatic heterocycles. The Morgan fingerprint density at radius 2 is 2.19 bits per heavy atom. The molecular formula is C13H12O2S. The van der Waals surface area contributed by atoms with E-state index in [0.29, 0.717) is 5.56 Å². The quantitative estimate of drug-likeness (QED) is 0.760. The predicted octanol–water partition coefficient (Wildman–Crippen LogP) is 3.13. The zero-order valence-electron chi connectivity index (χ0n) is 8.97. The molecule has 0 saturated carbocycles. The maximum Gasteiger partial charge on any atom is 0.337 e. The molecule has 16 heavy (non-hydrogen) atoms. The van der Waals surface area contributed by atoms with Crippen molar-refractivity contribution in [2.45, 2.75) is 6.42 Å². The first-order chi connectivity index (χ1) is 7.79. The zero-order chi connectivity index (χ0) is 11.4. The molecule has 0 aliphatic carbocycles. The number of esters is 1. The van der Waals surface area contributed by atoms with Gasteiger partial charge in [-0.15, -0.1) is 11.3 Å². The topological polar surface area (TPSA) is 26.3 Å². The molecule has 0 amide bonds. The van der Waals surface area contributed by atoms with Crippen LogP contribution in [0.4, 0.5) is 0 Å². The Balaban J connectivity index is 2.19. The van der Waals surface area contributed by atoms with E-state index < -0.39 is 0 Å². The minimum absolute atomic E-state index is 0.284. The molecule has 2 rings (SSSR count). The van der Waals surface area contributed by atoms with Crippen molar-refractivity contribution in [1.29, 1.82) is 0 Å². The van der Waals surface area contributed by atoms with Crippen molar-refractivity contribution in [2.75, 3.05) is 7.11 Å². The SMILES string of the molecule is COC(=O)c1cccc(Cc2cccs2)c1. The Bertz CT molecular complexity index is 474. The summed E-state index contributed by atoms with van der Waals surface area (Å²) in [6.45, 7) is 0. The van der Waals surface area contributed by atoms with Crippen LogP contribution in [-0.4, -0.2) is 13.1 Å². The number of hydrogen-bond acceptors (Lipinski definition) is 3. The maximum absolute atomic E-state index is 11.3. The summed E-state index contributed by atoms with van der Waals surface area (Å²) in [6, 6.07) is 11.7. The molecule has 2 nitrogen and oxygen atoms in total. The van der Waals surface area contributed by atoms with E-state index >= 15 is 0 Å². The minimum atomic E-state index is -0.284. The van der Waals surface area contributed by atoms with Crippen LogP contribution in [0, 0.1) is 0 Å². The molecule has 1 heterocycles. The number of rotatable bonds is 3. The van der Waals surface area contributed by atoms with Gasteiger partial charge in [0.25, 0.3) is 0 Å². The second kappa shape index (κ2) is 4.94. The van der Waals surface area contributed by atoms with Crippen molar-refractivity contribution >= 4 is 17.3 Å². The van der Waals surface area contributed by atoms with Crippen molar-refractivity contribution in [3.05, 3.63) is 57.8 Å². The highest BCUT2D eigenvalue weighted by molar-refractivity contribution is 7.09. The molecule has 0 unspecified atom stereocenters. The van der Waals surface area contributed by atoms with Gasteiger partial charge in [0.15, 0.2) is 0 Å². The van der Waals surface area contributed by atoms with Gasteiger partial charge in [0.05, 0.1) is 12.7 Å². The number of carbonyl (C=O) groups is 1. The molecule has 0 aliphatic rings. The third-order valence-corrected chi connectivity index (χ3v) is 3.18. The molecule has 0 aliphatic heterocycles. The van der Waals surface area contributed by atoms with Crippen molar-refractivity contribution < 1.29 is 9.53 Å². The second-order valence-corrected chi connectivity index (χ2v) is 4.48. The molecule has 3 heteroatoms. The average molecular weight is 232 g/mol. The number of ether oxygens (including phenoxy) is 1. The first kappa shape index (κ1) is 10.9. The number of thiophene rings is 1. The summed E-state index contributed by atoms with van der Waals surface area (Å²) in [4.78, 5) is 12.6. The van der Waals surface area contributed by atoms with E-state index in [4.69, 9.17) is 4.74 Å². The zero-order valence-corrected chi connectivity index (χ0v) is 9.79. The smallest absolute Gasteiger partial charge is 0.337 e. The molecule has 0 radical (unpaired) electrons. The molecule has 1 aromatic carbocycles. The number of hydrogen-bond donors (Lipinski definition) is 0. The van der Waals surface area contributed by atoms with E-state index in [-0.39, 0.29) is 5.97 Å². The highest BCUT2D eigenvalue weighted by Gasteiger charge is 2.05. The van der Waals surface area contributed by atoms with Crippen LogP contribution >= 0.6 is 11.3 Å². The summed E-state index contributed by atoms with van der Waals surface area (Å²) >= 11 is 1.72. The third kappa shape index (κ3) is 2.49. The average Bonchev–Trinajstić information content (AvgIpc) is 2.81. The first-order valence-corrected chi connectivity index (χ1v) is 5.87. The standard InChI is InChI=1S/C13H12O2S/c1-15-13(14)11-5-2-4-10(8-11)9-12-6-3-7-16-12/h2-8H,9H2,1H3. The Morgan fingerprint density at radius 1 is 1.31 bits per heavy atom. The monoisotopic (exact) mass is 232 g/mol. The maximum atomic E-state index is 11.3. The van der Waals surface area contributed by atoms with E-state index in [1.54, 1.807) is 17.4 Å². The van der Waals surface area contributed by atoms with Crippen LogP contribution < -0.4 is 0 Å². The lowest BCUT2D eigenvalue weighted by Crippen LogP contribution is -2.01. The van der Waals surface area contributed by atoms with E-state index in [1.165, 1.54) is 12.0 Å². The lowest BCUT2D eigenvalue weighted by atomic mass is 10.1.